The summed E-state index contributed by atoms with van der Waals surface area (Å²) in [5.41, 5.74) is 5.07. The Bertz CT molecular complexity index is 1470. The quantitative estimate of drug-likeness (QED) is 0.290. The summed E-state index contributed by atoms with van der Waals surface area (Å²) < 4.78 is 0. The molecule has 0 amide bonds. The largest absolute Gasteiger partial charge is 0.488 e. The second-order valence-electron chi connectivity index (χ2n) is 10.4. The number of fused-ring (bicyclic) bond motifs is 3. The van der Waals surface area contributed by atoms with E-state index in [1.165, 1.54) is 37.4 Å². The van der Waals surface area contributed by atoms with Gasteiger partial charge < -0.3 is 10.0 Å². The minimum Gasteiger partial charge on any atom is -0.423 e. The average Bonchev–Trinajstić information content (AvgIpc) is 3.17. The summed E-state index contributed by atoms with van der Waals surface area (Å²) in [4.78, 5) is 0. The van der Waals surface area contributed by atoms with Crippen LogP contribution in [0.3, 0.4) is 0 Å². The van der Waals surface area contributed by atoms with Crippen molar-refractivity contribution in [2.24, 2.45) is 0 Å². The molecule has 2 N–H and O–H groups in total. The molecule has 5 aromatic rings. The van der Waals surface area contributed by atoms with E-state index in [0.29, 0.717) is 5.46 Å². The maximum atomic E-state index is 9.83. The van der Waals surface area contributed by atoms with Gasteiger partial charge in [0.15, 0.2) is 8.07 Å². The van der Waals surface area contributed by atoms with Crippen LogP contribution in [-0.4, -0.2) is 25.2 Å². The molecule has 0 fully saturated rings. The van der Waals surface area contributed by atoms with Gasteiger partial charge in [0.25, 0.3) is 0 Å². The lowest BCUT2D eigenvalue weighted by molar-refractivity contribution is 0.425. The standard InChI is InChI=1S/C33H29BO2Si/c1-33(2)31-22-24(34(35)36)18-20-29(31)30-21-19-28(23-32(30)33)37(25-12-6-3-7-13-25,26-14-8-4-9-15-26)27-16-10-5-11-17-27/h3-23,35-36H,1-2H3. The second kappa shape index (κ2) is 9.00. The van der Waals surface area contributed by atoms with Crippen molar-refractivity contribution < 1.29 is 10.0 Å². The summed E-state index contributed by atoms with van der Waals surface area (Å²) in [6.45, 7) is 4.48. The van der Waals surface area contributed by atoms with Crippen molar-refractivity contribution in [1.82, 2.24) is 0 Å². The van der Waals surface area contributed by atoms with E-state index in [4.69, 9.17) is 0 Å². The number of hydrogen-bond acceptors (Lipinski definition) is 2. The smallest absolute Gasteiger partial charge is 0.423 e. The highest BCUT2D eigenvalue weighted by atomic mass is 28.3. The van der Waals surface area contributed by atoms with Crippen molar-refractivity contribution in [3.8, 4) is 11.1 Å². The molecule has 0 heterocycles. The molecule has 37 heavy (non-hydrogen) atoms. The van der Waals surface area contributed by atoms with Crippen LogP contribution in [0.2, 0.25) is 0 Å². The van der Waals surface area contributed by atoms with Crippen LogP contribution in [0.25, 0.3) is 11.1 Å². The second-order valence-corrected chi connectivity index (χ2v) is 14.2. The minimum atomic E-state index is -2.62. The summed E-state index contributed by atoms with van der Waals surface area (Å²) in [6, 6.07) is 45.8. The molecule has 0 bridgehead atoms. The van der Waals surface area contributed by atoms with E-state index in [2.05, 4.69) is 123 Å². The van der Waals surface area contributed by atoms with Crippen LogP contribution in [-0.2, 0) is 5.41 Å². The Morgan fingerprint density at radius 3 is 1.41 bits per heavy atom. The number of hydrogen-bond donors (Lipinski definition) is 2. The maximum absolute atomic E-state index is 9.83. The Hall–Kier alpha value is -3.70. The third-order valence-electron chi connectivity index (χ3n) is 8.05. The lowest BCUT2D eigenvalue weighted by Gasteiger charge is -2.35. The van der Waals surface area contributed by atoms with Crippen LogP contribution in [0.1, 0.15) is 25.0 Å². The van der Waals surface area contributed by atoms with Gasteiger partial charge in [-0.25, -0.2) is 0 Å². The molecule has 1 aliphatic carbocycles. The maximum Gasteiger partial charge on any atom is 0.488 e. The van der Waals surface area contributed by atoms with Gasteiger partial charge in [-0.2, -0.15) is 0 Å². The van der Waals surface area contributed by atoms with E-state index in [1.807, 2.05) is 18.2 Å². The van der Waals surface area contributed by atoms with Crippen molar-refractivity contribution in [3.63, 3.8) is 0 Å². The monoisotopic (exact) mass is 496 g/mol. The predicted molar refractivity (Wildman–Crippen MR) is 157 cm³/mol. The summed E-state index contributed by atoms with van der Waals surface area (Å²) in [5.74, 6) is 0. The summed E-state index contributed by atoms with van der Waals surface area (Å²) in [5, 5.41) is 25.1. The van der Waals surface area contributed by atoms with Crippen molar-refractivity contribution in [3.05, 3.63) is 139 Å². The molecule has 0 spiro atoms. The molecule has 0 atom stereocenters. The number of rotatable bonds is 5. The molecule has 1 aliphatic rings. The molecule has 5 aromatic carbocycles. The topological polar surface area (TPSA) is 40.5 Å². The van der Waals surface area contributed by atoms with E-state index < -0.39 is 15.2 Å². The Morgan fingerprint density at radius 1 is 0.514 bits per heavy atom. The molecule has 0 aromatic heterocycles. The lowest BCUT2D eigenvalue weighted by atomic mass is 9.75. The Balaban J connectivity index is 1.66. The molecular weight excluding hydrogens is 467 g/mol. The van der Waals surface area contributed by atoms with Crippen LogP contribution in [0.5, 0.6) is 0 Å². The third kappa shape index (κ3) is 3.64. The van der Waals surface area contributed by atoms with Crippen molar-refractivity contribution in [2.75, 3.05) is 0 Å². The van der Waals surface area contributed by atoms with Crippen molar-refractivity contribution >= 4 is 41.4 Å². The summed E-state index contributed by atoms with van der Waals surface area (Å²) in [6.07, 6.45) is 0. The zero-order chi connectivity index (χ0) is 25.6. The SMILES string of the molecule is CC1(C)c2cc(B(O)O)ccc2-c2ccc([Si](c3ccccc3)(c3ccccc3)c3ccccc3)cc21. The zero-order valence-electron chi connectivity index (χ0n) is 21.1. The third-order valence-corrected chi connectivity index (χ3v) is 12.8. The van der Waals surface area contributed by atoms with Gasteiger partial charge in [-0.05, 0) is 48.5 Å². The molecule has 6 rings (SSSR count). The van der Waals surface area contributed by atoms with E-state index in [-0.39, 0.29) is 5.41 Å². The highest BCUT2D eigenvalue weighted by molar-refractivity contribution is 7.19. The first-order valence-corrected chi connectivity index (χ1v) is 14.8. The first-order valence-electron chi connectivity index (χ1n) is 12.8. The molecule has 0 saturated carbocycles. The van der Waals surface area contributed by atoms with Crippen LogP contribution >= 0.6 is 0 Å². The van der Waals surface area contributed by atoms with Crippen LogP contribution in [0.15, 0.2) is 127 Å². The van der Waals surface area contributed by atoms with E-state index in [0.717, 1.165) is 5.56 Å². The zero-order valence-corrected chi connectivity index (χ0v) is 22.1. The fourth-order valence-electron chi connectivity index (χ4n) is 6.21. The van der Waals surface area contributed by atoms with Crippen LogP contribution in [0, 0.1) is 0 Å². The fourth-order valence-corrected chi connectivity index (χ4v) is 11.0. The van der Waals surface area contributed by atoms with Crippen molar-refractivity contribution in [1.29, 1.82) is 0 Å². The summed E-state index contributed by atoms with van der Waals surface area (Å²) in [7, 11) is -4.09. The first-order chi connectivity index (χ1) is 17.9. The van der Waals surface area contributed by atoms with Gasteiger partial charge >= 0.3 is 7.12 Å². The van der Waals surface area contributed by atoms with Gasteiger partial charge in [0.1, 0.15) is 0 Å². The Labute approximate surface area is 220 Å². The average molecular weight is 496 g/mol. The highest BCUT2D eigenvalue weighted by Gasteiger charge is 2.43. The Morgan fingerprint density at radius 2 is 0.946 bits per heavy atom. The molecule has 180 valence electrons. The van der Waals surface area contributed by atoms with Crippen LogP contribution < -0.4 is 26.2 Å². The normalized spacial score (nSPS) is 13.6. The molecule has 2 nitrogen and oxygen atoms in total. The molecular formula is C33H29BO2Si. The molecule has 0 unspecified atom stereocenters. The molecule has 4 heteroatoms. The van der Waals surface area contributed by atoms with Gasteiger partial charge in [-0.15, -0.1) is 0 Å². The highest BCUT2D eigenvalue weighted by Crippen LogP contribution is 2.47. The lowest BCUT2D eigenvalue weighted by Crippen LogP contribution is -2.74. The van der Waals surface area contributed by atoms with Gasteiger partial charge in [-0.1, -0.05) is 141 Å². The first kappa shape index (κ1) is 23.7. The molecule has 0 radical (unpaired) electrons. The van der Waals surface area contributed by atoms with Gasteiger partial charge in [-0.3, -0.25) is 0 Å². The Kier molecular flexibility index (Phi) is 5.76. The summed E-state index contributed by atoms with van der Waals surface area (Å²) >= 11 is 0. The minimum absolute atomic E-state index is 0.268. The molecule has 0 saturated heterocycles. The fraction of sp³-hybridized carbons (Fsp3) is 0.0909. The van der Waals surface area contributed by atoms with Gasteiger partial charge in [0.05, 0.1) is 0 Å². The van der Waals surface area contributed by atoms with E-state index in [1.54, 1.807) is 0 Å². The van der Waals surface area contributed by atoms with Crippen LogP contribution in [0.4, 0.5) is 0 Å². The predicted octanol–water partition coefficient (Wildman–Crippen LogP) is 3.05. The van der Waals surface area contributed by atoms with E-state index >= 15 is 0 Å². The molecule has 0 aliphatic heterocycles. The van der Waals surface area contributed by atoms with Gasteiger partial charge in [0.2, 0.25) is 0 Å². The number of benzene rings is 5. The van der Waals surface area contributed by atoms with Crippen molar-refractivity contribution in [2.45, 2.75) is 19.3 Å². The van der Waals surface area contributed by atoms with E-state index in [9.17, 15) is 10.0 Å². The van der Waals surface area contributed by atoms with Gasteiger partial charge in [0, 0.05) is 5.41 Å².